The maximum absolute atomic E-state index is 12.4. The maximum atomic E-state index is 12.4. The second-order valence-corrected chi connectivity index (χ2v) is 7.75. The summed E-state index contributed by atoms with van der Waals surface area (Å²) in [5.41, 5.74) is -0.618. The Morgan fingerprint density at radius 3 is 2.27 bits per heavy atom. The zero-order valence-electron chi connectivity index (χ0n) is 11.9. The van der Waals surface area contributed by atoms with Gasteiger partial charge in [0.2, 0.25) is 5.91 Å². The van der Waals surface area contributed by atoms with Crippen LogP contribution in [0, 0.1) is 0 Å². The lowest BCUT2D eigenvalue weighted by Crippen LogP contribution is -2.39. The van der Waals surface area contributed by atoms with Crippen LogP contribution in [0.2, 0.25) is 0 Å². The van der Waals surface area contributed by atoms with E-state index in [2.05, 4.69) is 5.32 Å². The molecule has 1 aromatic carbocycles. The van der Waals surface area contributed by atoms with Crippen molar-refractivity contribution in [3.8, 4) is 0 Å². The second-order valence-electron chi connectivity index (χ2n) is 5.43. The summed E-state index contributed by atoms with van der Waals surface area (Å²) in [5, 5.41) is 1.38. The van der Waals surface area contributed by atoms with Crippen LogP contribution in [0.25, 0.3) is 0 Å². The summed E-state index contributed by atoms with van der Waals surface area (Å²) in [6.45, 7) is 1.29. The number of carbonyl (C=O) groups is 1. The number of hydrogen-bond acceptors (Lipinski definition) is 3. The standard InChI is InChI=1S/C14H16F3NO3S/c1-9(13(19)18-12-6-7-12)22(20,21)8-10-2-4-11(5-3-10)14(15,16)17/h2-5,9,12H,6-8H2,1H3,(H,18,19)/t9-/m0/s1. The lowest BCUT2D eigenvalue weighted by Gasteiger charge is -2.13. The summed E-state index contributed by atoms with van der Waals surface area (Å²) in [6.07, 6.45) is -2.77. The number of benzene rings is 1. The molecule has 0 bridgehead atoms. The Hall–Kier alpha value is -1.57. The van der Waals surface area contributed by atoms with E-state index in [1.807, 2.05) is 0 Å². The number of halogens is 3. The molecule has 0 unspecified atom stereocenters. The molecule has 122 valence electrons. The zero-order chi connectivity index (χ0) is 16.5. The Morgan fingerprint density at radius 2 is 1.82 bits per heavy atom. The van der Waals surface area contributed by atoms with Gasteiger partial charge in [-0.3, -0.25) is 4.79 Å². The van der Waals surface area contributed by atoms with Crippen LogP contribution in [-0.4, -0.2) is 25.6 Å². The number of amides is 1. The molecule has 1 atom stereocenters. The van der Waals surface area contributed by atoms with Gasteiger partial charge in [-0.1, -0.05) is 12.1 Å². The summed E-state index contributed by atoms with van der Waals surface area (Å²) in [5.74, 6) is -1.03. The van der Waals surface area contributed by atoms with Crippen molar-refractivity contribution in [3.05, 3.63) is 35.4 Å². The first-order valence-corrected chi connectivity index (χ1v) is 8.49. The third-order valence-corrected chi connectivity index (χ3v) is 5.51. The van der Waals surface area contributed by atoms with Crippen LogP contribution in [0.3, 0.4) is 0 Å². The summed E-state index contributed by atoms with van der Waals surface area (Å²) < 4.78 is 61.6. The molecule has 8 heteroatoms. The molecule has 22 heavy (non-hydrogen) atoms. The molecular weight excluding hydrogens is 319 g/mol. The quantitative estimate of drug-likeness (QED) is 0.898. The van der Waals surface area contributed by atoms with E-state index >= 15 is 0 Å². The van der Waals surface area contributed by atoms with Crippen LogP contribution in [0.15, 0.2) is 24.3 Å². The third kappa shape index (κ3) is 4.22. The maximum Gasteiger partial charge on any atom is 0.416 e. The molecule has 4 nitrogen and oxygen atoms in total. The van der Waals surface area contributed by atoms with Crippen molar-refractivity contribution < 1.29 is 26.4 Å². The molecule has 1 saturated carbocycles. The van der Waals surface area contributed by atoms with Gasteiger partial charge in [0.15, 0.2) is 9.84 Å². The topological polar surface area (TPSA) is 63.2 Å². The van der Waals surface area contributed by atoms with Gasteiger partial charge in [0, 0.05) is 6.04 Å². The van der Waals surface area contributed by atoms with Gasteiger partial charge >= 0.3 is 6.18 Å². The minimum absolute atomic E-state index is 0.0521. The number of hydrogen-bond donors (Lipinski definition) is 1. The van der Waals surface area contributed by atoms with Crippen LogP contribution in [0.4, 0.5) is 13.2 Å². The van der Waals surface area contributed by atoms with Crippen molar-refractivity contribution in [2.24, 2.45) is 0 Å². The normalized spacial score (nSPS) is 17.1. The number of carbonyl (C=O) groups excluding carboxylic acids is 1. The van der Waals surface area contributed by atoms with Gasteiger partial charge in [-0.2, -0.15) is 13.2 Å². The Kier molecular flexibility index (Phi) is 4.51. The first-order valence-electron chi connectivity index (χ1n) is 6.77. The van der Waals surface area contributed by atoms with Gasteiger partial charge in [-0.05, 0) is 37.5 Å². The fraction of sp³-hybridized carbons (Fsp3) is 0.500. The lowest BCUT2D eigenvalue weighted by atomic mass is 10.1. The highest BCUT2D eigenvalue weighted by Gasteiger charge is 2.33. The molecule has 1 amide bonds. The van der Waals surface area contributed by atoms with Gasteiger partial charge in [0.25, 0.3) is 0 Å². The van der Waals surface area contributed by atoms with Crippen molar-refractivity contribution in [2.75, 3.05) is 0 Å². The van der Waals surface area contributed by atoms with Crippen molar-refractivity contribution in [2.45, 2.75) is 43.0 Å². The molecule has 0 heterocycles. The van der Waals surface area contributed by atoms with E-state index in [1.165, 1.54) is 6.92 Å². The minimum Gasteiger partial charge on any atom is -0.352 e. The van der Waals surface area contributed by atoms with E-state index in [1.54, 1.807) is 0 Å². The van der Waals surface area contributed by atoms with Gasteiger partial charge < -0.3 is 5.32 Å². The molecule has 0 aliphatic heterocycles. The minimum atomic E-state index is -4.46. The molecule has 1 N–H and O–H groups in total. The Morgan fingerprint density at radius 1 is 1.27 bits per heavy atom. The van der Waals surface area contributed by atoms with Crippen molar-refractivity contribution in [1.82, 2.24) is 5.32 Å². The number of alkyl halides is 3. The third-order valence-electron chi connectivity index (χ3n) is 3.48. The monoisotopic (exact) mass is 335 g/mol. The molecule has 0 saturated heterocycles. The van der Waals surface area contributed by atoms with E-state index in [-0.39, 0.29) is 11.6 Å². The summed E-state index contributed by atoms with van der Waals surface area (Å²) >= 11 is 0. The molecule has 1 aliphatic rings. The van der Waals surface area contributed by atoms with Gasteiger partial charge in [0.05, 0.1) is 11.3 Å². The Labute approximate surface area is 126 Å². The average molecular weight is 335 g/mol. The van der Waals surface area contributed by atoms with Crippen molar-refractivity contribution in [1.29, 1.82) is 0 Å². The summed E-state index contributed by atoms with van der Waals surface area (Å²) in [6, 6.07) is 3.95. The lowest BCUT2D eigenvalue weighted by molar-refractivity contribution is -0.137. The smallest absolute Gasteiger partial charge is 0.352 e. The second kappa shape index (κ2) is 5.91. The molecule has 1 aromatic rings. The molecule has 0 aromatic heterocycles. The first-order chi connectivity index (χ1) is 10.1. The van der Waals surface area contributed by atoms with Crippen molar-refractivity contribution >= 4 is 15.7 Å². The van der Waals surface area contributed by atoms with Gasteiger partial charge in [-0.15, -0.1) is 0 Å². The first kappa shape index (κ1) is 16.8. The van der Waals surface area contributed by atoms with Crippen LogP contribution < -0.4 is 5.32 Å². The fourth-order valence-corrected chi connectivity index (χ4v) is 3.16. The van der Waals surface area contributed by atoms with Gasteiger partial charge in [-0.25, -0.2) is 8.42 Å². The Bertz CT molecular complexity index is 649. The number of sulfone groups is 1. The predicted octanol–water partition coefficient (Wildman–Crippen LogP) is 2.29. The highest BCUT2D eigenvalue weighted by molar-refractivity contribution is 7.92. The number of nitrogens with one attached hydrogen (secondary N) is 1. The van der Waals surface area contributed by atoms with Crippen LogP contribution in [-0.2, 0) is 26.6 Å². The SMILES string of the molecule is C[C@@H](C(=O)NC1CC1)S(=O)(=O)Cc1ccc(C(F)(F)F)cc1. The Balaban J connectivity index is 2.05. The zero-order valence-corrected chi connectivity index (χ0v) is 12.7. The highest BCUT2D eigenvalue weighted by Crippen LogP contribution is 2.29. The van der Waals surface area contributed by atoms with E-state index < -0.39 is 38.5 Å². The average Bonchev–Trinajstić information content (AvgIpc) is 3.20. The van der Waals surface area contributed by atoms with Crippen LogP contribution in [0.5, 0.6) is 0 Å². The van der Waals surface area contributed by atoms with Gasteiger partial charge in [0.1, 0.15) is 5.25 Å². The molecular formula is C14H16F3NO3S. The van der Waals surface area contributed by atoms with E-state index in [4.69, 9.17) is 0 Å². The van der Waals surface area contributed by atoms with Crippen molar-refractivity contribution in [3.63, 3.8) is 0 Å². The molecule has 1 fully saturated rings. The molecule has 0 spiro atoms. The number of rotatable bonds is 5. The summed E-state index contributed by atoms with van der Waals surface area (Å²) in [7, 11) is -3.77. The largest absolute Gasteiger partial charge is 0.416 e. The highest BCUT2D eigenvalue weighted by atomic mass is 32.2. The predicted molar refractivity (Wildman–Crippen MR) is 74.7 cm³/mol. The van der Waals surface area contributed by atoms with E-state index in [9.17, 15) is 26.4 Å². The van der Waals surface area contributed by atoms with E-state index in [0.29, 0.717) is 0 Å². The van der Waals surface area contributed by atoms with E-state index in [0.717, 1.165) is 37.1 Å². The summed E-state index contributed by atoms with van der Waals surface area (Å²) in [4.78, 5) is 11.8. The molecule has 1 aliphatic carbocycles. The fourth-order valence-electron chi connectivity index (χ4n) is 1.86. The van der Waals surface area contributed by atoms with Crippen LogP contribution in [0.1, 0.15) is 30.9 Å². The molecule has 0 radical (unpaired) electrons. The molecule has 2 rings (SSSR count). The van der Waals surface area contributed by atoms with Crippen LogP contribution >= 0.6 is 0 Å².